The van der Waals surface area contributed by atoms with Crippen LogP contribution in [-0.2, 0) is 9.53 Å². The molecule has 1 saturated heterocycles. The van der Waals surface area contributed by atoms with Crippen LogP contribution >= 0.6 is 22.9 Å². The Hall–Kier alpha value is -2.29. The van der Waals surface area contributed by atoms with Gasteiger partial charge in [-0.1, -0.05) is 17.7 Å². The molecule has 1 fully saturated rings. The molecule has 30 heavy (non-hydrogen) atoms. The maximum absolute atomic E-state index is 13.7. The molecule has 2 atom stereocenters. The number of carbonyl (C=O) groups is 1. The van der Waals surface area contributed by atoms with E-state index in [9.17, 15) is 9.18 Å². The minimum atomic E-state index is -0.691. The first-order valence-corrected chi connectivity index (χ1v) is 10.9. The minimum absolute atomic E-state index is 0.206. The molecule has 0 unspecified atom stereocenters. The largest absolute Gasteiger partial charge is 0.463 e. The average Bonchev–Trinajstić information content (AvgIpc) is 3.37. The highest BCUT2D eigenvalue weighted by Gasteiger charge is 2.42. The molecule has 1 aromatic carbocycles. The van der Waals surface area contributed by atoms with Crippen molar-refractivity contribution in [1.29, 1.82) is 0 Å². The zero-order valence-corrected chi connectivity index (χ0v) is 18.5. The molecule has 4 rings (SSSR count). The van der Waals surface area contributed by atoms with Gasteiger partial charge in [0.15, 0.2) is 10.8 Å². The Kier molecular flexibility index (Phi) is 5.90. The molecule has 0 radical (unpaired) electrons. The van der Waals surface area contributed by atoms with Crippen LogP contribution in [0.1, 0.15) is 30.0 Å². The van der Waals surface area contributed by atoms with Crippen LogP contribution < -0.4 is 0 Å². The van der Waals surface area contributed by atoms with E-state index in [0.717, 1.165) is 10.7 Å². The van der Waals surface area contributed by atoms with Crippen LogP contribution in [0.25, 0.3) is 0 Å². The lowest BCUT2D eigenvalue weighted by molar-refractivity contribution is -0.139. The van der Waals surface area contributed by atoms with Crippen molar-refractivity contribution in [3.8, 4) is 0 Å². The number of hydrogen-bond acceptors (Lipinski definition) is 7. The van der Waals surface area contributed by atoms with Gasteiger partial charge >= 0.3 is 5.97 Å². The number of halogens is 2. The van der Waals surface area contributed by atoms with Crippen molar-refractivity contribution in [3.05, 3.63) is 62.5 Å². The number of carbonyl (C=O) groups excluding carboxylic acids is 1. The summed E-state index contributed by atoms with van der Waals surface area (Å²) in [5.74, 6) is -0.170. The first-order chi connectivity index (χ1) is 14.4. The van der Waals surface area contributed by atoms with E-state index >= 15 is 0 Å². The molecule has 0 N–H and O–H groups in total. The summed E-state index contributed by atoms with van der Waals surface area (Å²) >= 11 is 7.87. The second-order valence-electron chi connectivity index (χ2n) is 7.37. The third kappa shape index (κ3) is 3.75. The third-order valence-electron chi connectivity index (χ3n) is 5.35. The van der Waals surface area contributed by atoms with Gasteiger partial charge in [0.25, 0.3) is 0 Å². The van der Waals surface area contributed by atoms with Gasteiger partial charge in [0, 0.05) is 46.9 Å². The lowest BCUT2D eigenvalue weighted by atomic mass is 9.94. The summed E-state index contributed by atoms with van der Waals surface area (Å²) in [6.45, 7) is 2.71. The number of aromatic nitrogens is 1. The normalized spacial score (nSPS) is 21.1. The first kappa shape index (κ1) is 21.0. The summed E-state index contributed by atoms with van der Waals surface area (Å²) in [6.07, 6.45) is 2.40. The highest BCUT2D eigenvalue weighted by atomic mass is 35.5. The molecule has 6 nitrogen and oxygen atoms in total. The Morgan fingerprint density at radius 2 is 2.23 bits per heavy atom. The standard InChI is InChI=1S/C21H22ClFN4O2S/c1-4-29-21(28)17-16-10-13(26(2)3)11-27(16)19(20-24-7-8-30-20)25-18(17)14-6-5-12(23)9-15(14)22/h5-9,13,18H,4,10-11H2,1-3H3/t13-,18-/m0/s1. The molecule has 9 heteroatoms. The van der Waals surface area contributed by atoms with Gasteiger partial charge in [-0.25, -0.2) is 14.2 Å². The minimum Gasteiger partial charge on any atom is -0.463 e. The molecular formula is C21H22ClFN4O2S. The summed E-state index contributed by atoms with van der Waals surface area (Å²) in [7, 11) is 4.03. The molecule has 0 saturated carbocycles. The zero-order chi connectivity index (χ0) is 21.4. The van der Waals surface area contributed by atoms with Gasteiger partial charge in [0.2, 0.25) is 0 Å². The quantitative estimate of drug-likeness (QED) is 0.649. The van der Waals surface area contributed by atoms with E-state index in [1.54, 1.807) is 19.2 Å². The van der Waals surface area contributed by atoms with Crippen molar-refractivity contribution in [2.24, 2.45) is 4.99 Å². The van der Waals surface area contributed by atoms with Gasteiger partial charge in [0.05, 0.1) is 12.2 Å². The van der Waals surface area contributed by atoms with E-state index < -0.39 is 17.8 Å². The van der Waals surface area contributed by atoms with Crippen LogP contribution in [0.5, 0.6) is 0 Å². The maximum atomic E-state index is 13.7. The summed E-state index contributed by atoms with van der Waals surface area (Å²) in [6, 6.07) is 3.67. The average molecular weight is 449 g/mol. The third-order valence-corrected chi connectivity index (χ3v) is 6.44. The van der Waals surface area contributed by atoms with Crippen LogP contribution in [0.3, 0.4) is 0 Å². The van der Waals surface area contributed by atoms with Crippen LogP contribution in [-0.4, -0.2) is 59.9 Å². The summed E-state index contributed by atoms with van der Waals surface area (Å²) in [5.41, 5.74) is 1.88. The molecule has 158 valence electrons. The lowest BCUT2D eigenvalue weighted by Crippen LogP contribution is -2.37. The molecule has 2 aliphatic heterocycles. The number of ether oxygens (including phenoxy) is 1. The molecule has 2 aromatic rings. The number of nitrogens with zero attached hydrogens (tertiary/aromatic N) is 4. The number of fused-ring (bicyclic) bond motifs is 1. The number of benzene rings is 1. The van der Waals surface area contributed by atoms with Gasteiger partial charge in [-0.3, -0.25) is 4.99 Å². The number of esters is 1. The summed E-state index contributed by atoms with van der Waals surface area (Å²) in [5, 5.41) is 2.87. The van der Waals surface area contributed by atoms with Gasteiger partial charge in [-0.2, -0.15) is 0 Å². The van der Waals surface area contributed by atoms with Gasteiger partial charge in [-0.05, 0) is 33.2 Å². The van der Waals surface area contributed by atoms with Crippen molar-refractivity contribution >= 4 is 34.7 Å². The molecule has 0 amide bonds. The van der Waals surface area contributed by atoms with E-state index in [4.69, 9.17) is 21.3 Å². The maximum Gasteiger partial charge on any atom is 0.338 e. The van der Waals surface area contributed by atoms with Crippen LogP contribution in [0.4, 0.5) is 4.39 Å². The van der Waals surface area contributed by atoms with Crippen molar-refractivity contribution in [3.63, 3.8) is 0 Å². The number of hydrogen-bond donors (Lipinski definition) is 0. The van der Waals surface area contributed by atoms with Gasteiger partial charge in [0.1, 0.15) is 11.9 Å². The van der Waals surface area contributed by atoms with Crippen molar-refractivity contribution in [1.82, 2.24) is 14.8 Å². The Morgan fingerprint density at radius 1 is 1.43 bits per heavy atom. The number of likely N-dealkylation sites (N-methyl/N-ethyl adjacent to an activating group) is 1. The second kappa shape index (κ2) is 8.45. The Bertz CT molecular complexity index is 1020. The van der Waals surface area contributed by atoms with Gasteiger partial charge in [-0.15, -0.1) is 11.3 Å². The van der Waals surface area contributed by atoms with E-state index in [1.165, 1.54) is 23.5 Å². The monoisotopic (exact) mass is 448 g/mol. The molecule has 0 aliphatic carbocycles. The molecule has 0 bridgehead atoms. The molecule has 3 heterocycles. The second-order valence-corrected chi connectivity index (χ2v) is 8.67. The van der Waals surface area contributed by atoms with Crippen molar-refractivity contribution in [2.75, 3.05) is 27.2 Å². The van der Waals surface area contributed by atoms with Gasteiger partial charge < -0.3 is 14.5 Å². The molecular weight excluding hydrogens is 427 g/mol. The van der Waals surface area contributed by atoms with Crippen LogP contribution in [0.2, 0.25) is 5.02 Å². The number of amidine groups is 1. The van der Waals surface area contributed by atoms with E-state index in [2.05, 4.69) is 14.8 Å². The van der Waals surface area contributed by atoms with E-state index in [0.29, 0.717) is 29.9 Å². The summed E-state index contributed by atoms with van der Waals surface area (Å²) in [4.78, 5) is 26.6. The number of thiazole rings is 1. The summed E-state index contributed by atoms with van der Waals surface area (Å²) < 4.78 is 19.1. The molecule has 1 aromatic heterocycles. The highest BCUT2D eigenvalue weighted by molar-refractivity contribution is 7.11. The SMILES string of the molecule is CCOC(=O)C1=C2C[C@H](N(C)C)CN2C(c2nccs2)=N[C@H]1c1ccc(F)cc1Cl. The van der Waals surface area contributed by atoms with E-state index in [1.807, 2.05) is 19.5 Å². The highest BCUT2D eigenvalue weighted by Crippen LogP contribution is 2.43. The lowest BCUT2D eigenvalue weighted by Gasteiger charge is -2.31. The smallest absolute Gasteiger partial charge is 0.338 e. The topological polar surface area (TPSA) is 58.0 Å². The van der Waals surface area contributed by atoms with Crippen LogP contribution in [0, 0.1) is 5.82 Å². The Labute approximate surface area is 183 Å². The zero-order valence-electron chi connectivity index (χ0n) is 16.9. The Morgan fingerprint density at radius 3 is 2.87 bits per heavy atom. The number of aliphatic imine (C=N–C) groups is 1. The van der Waals surface area contributed by atoms with E-state index in [-0.39, 0.29) is 17.7 Å². The fourth-order valence-electron chi connectivity index (χ4n) is 3.84. The predicted octanol–water partition coefficient (Wildman–Crippen LogP) is 3.89. The molecule has 2 aliphatic rings. The van der Waals surface area contributed by atoms with Crippen LogP contribution in [0.15, 0.2) is 46.0 Å². The number of rotatable bonds is 5. The Balaban J connectivity index is 1.91. The predicted molar refractivity (Wildman–Crippen MR) is 115 cm³/mol. The fraction of sp³-hybridized carbons (Fsp3) is 0.381. The fourth-order valence-corrected chi connectivity index (χ4v) is 4.75. The first-order valence-electron chi connectivity index (χ1n) is 9.67. The van der Waals surface area contributed by atoms with Crippen molar-refractivity contribution < 1.29 is 13.9 Å². The molecule has 0 spiro atoms. The van der Waals surface area contributed by atoms with Crippen molar-refractivity contribution in [2.45, 2.75) is 25.4 Å².